The molecule has 3 rings (SSSR count). The molecule has 0 atom stereocenters. The van der Waals surface area contributed by atoms with Crippen LogP contribution in [0.1, 0.15) is 30.4 Å². The number of rotatable bonds is 9. The van der Waals surface area contributed by atoms with Crippen molar-refractivity contribution in [2.24, 2.45) is 0 Å². The first-order chi connectivity index (χ1) is 16.2. The summed E-state index contributed by atoms with van der Waals surface area (Å²) in [5.41, 5.74) is 1.15. The lowest BCUT2D eigenvalue weighted by Crippen LogP contribution is -2.35. The number of carbonyl (C=O) groups excluding carboxylic acids is 2. The Hall–Kier alpha value is -2.98. The van der Waals surface area contributed by atoms with Crippen molar-refractivity contribution in [3.05, 3.63) is 59.4 Å². The maximum atomic E-state index is 13.8. The van der Waals surface area contributed by atoms with Gasteiger partial charge in [-0.25, -0.2) is 12.8 Å². The molecular formula is C24H29FN2O6S. The van der Waals surface area contributed by atoms with E-state index in [-0.39, 0.29) is 23.6 Å². The lowest BCUT2D eigenvalue weighted by Gasteiger charge is -2.25. The number of amides is 1. The minimum absolute atomic E-state index is 0.0925. The van der Waals surface area contributed by atoms with Crippen LogP contribution in [0.15, 0.2) is 47.4 Å². The predicted molar refractivity (Wildman–Crippen MR) is 123 cm³/mol. The number of likely N-dealkylation sites (N-methyl/N-ethyl adjacent to an activating group) is 1. The van der Waals surface area contributed by atoms with Gasteiger partial charge in [0.1, 0.15) is 0 Å². The van der Waals surface area contributed by atoms with Crippen molar-refractivity contribution >= 4 is 21.9 Å². The van der Waals surface area contributed by atoms with Crippen LogP contribution in [0.2, 0.25) is 0 Å². The summed E-state index contributed by atoms with van der Waals surface area (Å²) >= 11 is 0. The third-order valence-electron chi connectivity index (χ3n) is 5.64. The second-order valence-corrected chi connectivity index (χ2v) is 10.1. The molecule has 10 heteroatoms. The van der Waals surface area contributed by atoms with Crippen molar-refractivity contribution < 1.29 is 31.9 Å². The van der Waals surface area contributed by atoms with E-state index in [9.17, 15) is 22.4 Å². The van der Waals surface area contributed by atoms with E-state index in [0.717, 1.165) is 19.3 Å². The lowest BCUT2D eigenvalue weighted by molar-refractivity contribution is -0.151. The minimum atomic E-state index is -3.53. The number of hydrogen-bond donors (Lipinski definition) is 0. The molecule has 0 unspecified atom stereocenters. The van der Waals surface area contributed by atoms with Crippen LogP contribution in [0.25, 0.3) is 0 Å². The third kappa shape index (κ3) is 6.54. The number of ether oxygens (including phenoxy) is 2. The summed E-state index contributed by atoms with van der Waals surface area (Å²) < 4.78 is 50.7. The Kier molecular flexibility index (Phi) is 8.62. The zero-order valence-electron chi connectivity index (χ0n) is 19.3. The van der Waals surface area contributed by atoms with Crippen LogP contribution in [0.4, 0.5) is 4.39 Å². The molecule has 0 aromatic heterocycles. The van der Waals surface area contributed by atoms with Gasteiger partial charge >= 0.3 is 5.97 Å². The van der Waals surface area contributed by atoms with Gasteiger partial charge in [-0.3, -0.25) is 9.59 Å². The maximum absolute atomic E-state index is 13.8. The fourth-order valence-corrected chi connectivity index (χ4v) is 5.19. The summed E-state index contributed by atoms with van der Waals surface area (Å²) in [5.74, 6) is -1.46. The number of hydrogen-bond acceptors (Lipinski definition) is 6. The van der Waals surface area contributed by atoms with Gasteiger partial charge in [-0.1, -0.05) is 24.6 Å². The largest absolute Gasteiger partial charge is 0.494 e. The van der Waals surface area contributed by atoms with Gasteiger partial charge < -0.3 is 14.4 Å². The van der Waals surface area contributed by atoms with Crippen molar-refractivity contribution in [3.63, 3.8) is 0 Å². The average molecular weight is 493 g/mol. The Labute approximate surface area is 199 Å². The number of methoxy groups -OCH3 is 1. The molecule has 0 N–H and O–H groups in total. The molecule has 184 valence electrons. The molecular weight excluding hydrogens is 463 g/mol. The van der Waals surface area contributed by atoms with Crippen LogP contribution in [-0.4, -0.2) is 63.4 Å². The van der Waals surface area contributed by atoms with Crippen LogP contribution in [-0.2, 0) is 37.3 Å². The standard InChI is InChI=1S/C24H29FN2O6S/c1-26(16-19-8-11-22(32-2)21(25)14-19)23(28)17-33-24(29)15-18-6-9-20(10-7-18)34(30,31)27-12-4-3-5-13-27/h6-11,14H,3-5,12-13,15-17H2,1-2H3. The molecule has 1 amide bonds. The van der Waals surface area contributed by atoms with Crippen molar-refractivity contribution in [1.82, 2.24) is 9.21 Å². The third-order valence-corrected chi connectivity index (χ3v) is 7.56. The highest BCUT2D eigenvalue weighted by Crippen LogP contribution is 2.21. The normalized spacial score (nSPS) is 14.4. The molecule has 8 nitrogen and oxygen atoms in total. The number of benzene rings is 2. The Morgan fingerprint density at radius 3 is 2.29 bits per heavy atom. The summed E-state index contributed by atoms with van der Waals surface area (Å²) in [6, 6.07) is 10.5. The van der Waals surface area contributed by atoms with E-state index in [1.54, 1.807) is 18.2 Å². The minimum Gasteiger partial charge on any atom is -0.494 e. The smallest absolute Gasteiger partial charge is 0.310 e. The Balaban J connectivity index is 1.48. The monoisotopic (exact) mass is 492 g/mol. The molecule has 1 aliphatic rings. The van der Waals surface area contributed by atoms with E-state index in [4.69, 9.17) is 9.47 Å². The molecule has 1 fully saturated rings. The number of sulfonamides is 1. The lowest BCUT2D eigenvalue weighted by atomic mass is 10.1. The predicted octanol–water partition coefficient (Wildman–Crippen LogP) is 2.75. The molecule has 2 aromatic rings. The van der Waals surface area contributed by atoms with Gasteiger partial charge in [0.2, 0.25) is 10.0 Å². The molecule has 1 saturated heterocycles. The second-order valence-electron chi connectivity index (χ2n) is 8.16. The first kappa shape index (κ1) is 25.6. The topological polar surface area (TPSA) is 93.2 Å². The van der Waals surface area contributed by atoms with E-state index in [1.807, 2.05) is 0 Å². The van der Waals surface area contributed by atoms with Crippen LogP contribution in [0, 0.1) is 5.82 Å². The van der Waals surface area contributed by atoms with E-state index >= 15 is 0 Å². The molecule has 0 radical (unpaired) electrons. The Bertz CT molecular complexity index is 1110. The van der Waals surface area contributed by atoms with Gasteiger partial charge in [-0.05, 0) is 48.2 Å². The molecule has 34 heavy (non-hydrogen) atoms. The molecule has 0 spiro atoms. The number of halogens is 1. The first-order valence-corrected chi connectivity index (χ1v) is 12.5. The zero-order valence-corrected chi connectivity index (χ0v) is 20.1. The van der Waals surface area contributed by atoms with Gasteiger partial charge in [0.05, 0.1) is 18.4 Å². The number of esters is 1. The van der Waals surface area contributed by atoms with Crippen molar-refractivity contribution in [3.8, 4) is 5.75 Å². The van der Waals surface area contributed by atoms with Gasteiger partial charge in [0, 0.05) is 26.7 Å². The second kappa shape index (κ2) is 11.4. The first-order valence-electron chi connectivity index (χ1n) is 11.0. The zero-order chi connectivity index (χ0) is 24.7. The van der Waals surface area contributed by atoms with Gasteiger partial charge in [-0.15, -0.1) is 0 Å². The van der Waals surface area contributed by atoms with Crippen LogP contribution >= 0.6 is 0 Å². The fourth-order valence-electron chi connectivity index (χ4n) is 3.67. The van der Waals surface area contributed by atoms with Crippen LogP contribution in [0.5, 0.6) is 5.75 Å². The van der Waals surface area contributed by atoms with Crippen molar-refractivity contribution in [2.45, 2.75) is 37.1 Å². The highest BCUT2D eigenvalue weighted by Gasteiger charge is 2.25. The average Bonchev–Trinajstić information content (AvgIpc) is 2.83. The Morgan fingerprint density at radius 2 is 1.68 bits per heavy atom. The molecule has 0 aliphatic carbocycles. The number of piperidine rings is 1. The van der Waals surface area contributed by atoms with Crippen LogP contribution < -0.4 is 4.74 Å². The van der Waals surface area contributed by atoms with Gasteiger partial charge in [0.25, 0.3) is 5.91 Å². The number of carbonyl (C=O) groups is 2. The fraction of sp³-hybridized carbons (Fsp3) is 0.417. The van der Waals surface area contributed by atoms with E-state index < -0.39 is 34.3 Å². The molecule has 1 aliphatic heterocycles. The van der Waals surface area contributed by atoms with Crippen molar-refractivity contribution in [2.75, 3.05) is 33.9 Å². The molecule has 2 aromatic carbocycles. The van der Waals surface area contributed by atoms with Gasteiger partial charge in [-0.2, -0.15) is 4.31 Å². The molecule has 1 heterocycles. The molecule has 0 saturated carbocycles. The maximum Gasteiger partial charge on any atom is 0.310 e. The summed E-state index contributed by atoms with van der Waals surface area (Å²) in [7, 11) is -0.638. The summed E-state index contributed by atoms with van der Waals surface area (Å²) in [6.07, 6.45) is 2.65. The van der Waals surface area contributed by atoms with Crippen LogP contribution in [0.3, 0.4) is 0 Å². The summed E-state index contributed by atoms with van der Waals surface area (Å²) in [6.45, 7) is 0.734. The molecule has 0 bridgehead atoms. The van der Waals surface area contributed by atoms with Crippen molar-refractivity contribution in [1.29, 1.82) is 0 Å². The Morgan fingerprint density at radius 1 is 1.03 bits per heavy atom. The summed E-state index contributed by atoms with van der Waals surface area (Å²) in [4.78, 5) is 26.0. The van der Waals surface area contributed by atoms with E-state index in [1.165, 1.54) is 47.6 Å². The highest BCUT2D eigenvalue weighted by atomic mass is 32.2. The quantitative estimate of drug-likeness (QED) is 0.500. The van der Waals surface area contributed by atoms with Gasteiger partial charge in [0.15, 0.2) is 18.2 Å². The summed E-state index contributed by atoms with van der Waals surface area (Å²) in [5, 5.41) is 0. The highest BCUT2D eigenvalue weighted by molar-refractivity contribution is 7.89. The van der Waals surface area contributed by atoms with E-state index in [2.05, 4.69) is 0 Å². The SMILES string of the molecule is COc1ccc(CN(C)C(=O)COC(=O)Cc2ccc(S(=O)(=O)N3CCCCC3)cc2)cc1F. The van der Waals surface area contributed by atoms with E-state index in [0.29, 0.717) is 24.2 Å². The number of nitrogens with zero attached hydrogens (tertiary/aromatic N) is 2.